The zero-order valence-corrected chi connectivity index (χ0v) is 15.3. The summed E-state index contributed by atoms with van der Waals surface area (Å²) in [6.45, 7) is 6.59. The lowest BCUT2D eigenvalue weighted by Gasteiger charge is -2.35. The summed E-state index contributed by atoms with van der Waals surface area (Å²) >= 11 is 0. The molecule has 0 radical (unpaired) electrons. The zero-order chi connectivity index (χ0) is 18.7. The van der Waals surface area contributed by atoms with Crippen LogP contribution in [0.3, 0.4) is 0 Å². The van der Waals surface area contributed by atoms with Crippen molar-refractivity contribution in [1.29, 1.82) is 0 Å². The normalized spacial score (nSPS) is 20.7. The van der Waals surface area contributed by atoms with Gasteiger partial charge in [-0.3, -0.25) is 14.5 Å². The molecule has 1 aliphatic heterocycles. The number of morpholine rings is 1. The van der Waals surface area contributed by atoms with Crippen LogP contribution in [-0.2, 0) is 18.3 Å². The molecule has 0 saturated carbocycles. The van der Waals surface area contributed by atoms with Crippen molar-refractivity contribution in [2.24, 2.45) is 7.05 Å². The van der Waals surface area contributed by atoms with Crippen molar-refractivity contribution < 1.29 is 9.53 Å². The predicted molar refractivity (Wildman–Crippen MR) is 99.2 cm³/mol. The van der Waals surface area contributed by atoms with Crippen molar-refractivity contribution in [3.05, 3.63) is 58.0 Å². The molecule has 2 atom stereocenters. The minimum Gasteiger partial charge on any atom is -0.373 e. The molecule has 7 nitrogen and oxygen atoms in total. The Morgan fingerprint density at radius 1 is 1.19 bits per heavy atom. The number of para-hydroxylation sites is 1. The second-order valence-corrected chi connectivity index (χ2v) is 6.74. The Bertz CT molecular complexity index is 839. The largest absolute Gasteiger partial charge is 0.373 e. The van der Waals surface area contributed by atoms with Crippen LogP contribution in [-0.4, -0.2) is 45.9 Å². The molecule has 1 aliphatic rings. The maximum Gasteiger partial charge on any atom is 0.276 e. The molecule has 1 amide bonds. The monoisotopic (exact) mass is 356 g/mol. The molecule has 0 spiro atoms. The first-order valence-electron chi connectivity index (χ1n) is 8.74. The number of hydrogen-bond donors (Lipinski definition) is 1. The molecular weight excluding hydrogens is 332 g/mol. The van der Waals surface area contributed by atoms with Crippen LogP contribution in [0.2, 0.25) is 0 Å². The SMILES string of the molecule is CC1CN(Cc2ccccc2NC(=O)c2ccc(=O)n(C)n2)CC(C)O1. The van der Waals surface area contributed by atoms with Crippen LogP contribution < -0.4 is 10.9 Å². The summed E-state index contributed by atoms with van der Waals surface area (Å²) in [6.07, 6.45) is 0.380. The van der Waals surface area contributed by atoms with Gasteiger partial charge in [-0.15, -0.1) is 0 Å². The van der Waals surface area contributed by atoms with Gasteiger partial charge in [0.1, 0.15) is 5.69 Å². The molecule has 1 aromatic heterocycles. The second-order valence-electron chi connectivity index (χ2n) is 6.74. The average Bonchev–Trinajstić information content (AvgIpc) is 2.58. The van der Waals surface area contributed by atoms with E-state index in [4.69, 9.17) is 4.74 Å². The lowest BCUT2D eigenvalue weighted by molar-refractivity contribution is -0.0704. The molecule has 2 heterocycles. The molecule has 2 unspecified atom stereocenters. The molecule has 1 aromatic carbocycles. The molecule has 0 aliphatic carbocycles. The van der Waals surface area contributed by atoms with E-state index < -0.39 is 0 Å². The van der Waals surface area contributed by atoms with Crippen LogP contribution in [0.25, 0.3) is 0 Å². The third-order valence-electron chi connectivity index (χ3n) is 4.35. The topological polar surface area (TPSA) is 76.5 Å². The van der Waals surface area contributed by atoms with Crippen molar-refractivity contribution in [1.82, 2.24) is 14.7 Å². The van der Waals surface area contributed by atoms with Crippen LogP contribution in [0.15, 0.2) is 41.2 Å². The lowest BCUT2D eigenvalue weighted by Crippen LogP contribution is -2.44. The second kappa shape index (κ2) is 7.80. The van der Waals surface area contributed by atoms with Gasteiger partial charge in [0.05, 0.1) is 12.2 Å². The fourth-order valence-electron chi connectivity index (χ4n) is 3.24. The van der Waals surface area contributed by atoms with Crippen molar-refractivity contribution in [2.75, 3.05) is 18.4 Å². The van der Waals surface area contributed by atoms with Gasteiger partial charge in [0.2, 0.25) is 0 Å². The van der Waals surface area contributed by atoms with E-state index in [1.165, 1.54) is 19.2 Å². The highest BCUT2D eigenvalue weighted by atomic mass is 16.5. The Labute approximate surface area is 152 Å². The van der Waals surface area contributed by atoms with E-state index in [9.17, 15) is 9.59 Å². The molecule has 1 N–H and O–H groups in total. The Morgan fingerprint density at radius 3 is 2.58 bits per heavy atom. The molecule has 0 bridgehead atoms. The third-order valence-corrected chi connectivity index (χ3v) is 4.35. The van der Waals surface area contributed by atoms with E-state index in [0.717, 1.165) is 35.6 Å². The van der Waals surface area contributed by atoms with Crippen molar-refractivity contribution in [3.8, 4) is 0 Å². The van der Waals surface area contributed by atoms with Gasteiger partial charge in [-0.2, -0.15) is 5.10 Å². The van der Waals surface area contributed by atoms with Gasteiger partial charge in [0, 0.05) is 38.4 Å². The average molecular weight is 356 g/mol. The number of nitrogens with zero attached hydrogens (tertiary/aromatic N) is 3. The molecule has 26 heavy (non-hydrogen) atoms. The first kappa shape index (κ1) is 18.3. The molecule has 7 heteroatoms. The number of hydrogen-bond acceptors (Lipinski definition) is 5. The number of carbonyl (C=O) groups is 1. The van der Waals surface area contributed by atoms with E-state index in [0.29, 0.717) is 0 Å². The number of amides is 1. The highest BCUT2D eigenvalue weighted by Gasteiger charge is 2.23. The molecule has 138 valence electrons. The van der Waals surface area contributed by atoms with Crippen molar-refractivity contribution in [3.63, 3.8) is 0 Å². The van der Waals surface area contributed by atoms with Crippen LogP contribution in [0.5, 0.6) is 0 Å². The number of rotatable bonds is 4. The Morgan fingerprint density at radius 2 is 1.88 bits per heavy atom. The highest BCUT2D eigenvalue weighted by Crippen LogP contribution is 2.20. The Kier molecular flexibility index (Phi) is 5.49. The minimum atomic E-state index is -0.336. The quantitative estimate of drug-likeness (QED) is 0.901. The van der Waals surface area contributed by atoms with Crippen molar-refractivity contribution in [2.45, 2.75) is 32.6 Å². The van der Waals surface area contributed by atoms with E-state index in [1.54, 1.807) is 0 Å². The number of nitrogens with one attached hydrogen (secondary N) is 1. The molecule has 1 saturated heterocycles. The number of benzene rings is 1. The first-order valence-corrected chi connectivity index (χ1v) is 8.74. The molecule has 3 rings (SSSR count). The zero-order valence-electron chi connectivity index (χ0n) is 15.3. The number of aromatic nitrogens is 2. The van der Waals surface area contributed by atoms with E-state index >= 15 is 0 Å². The fourth-order valence-corrected chi connectivity index (χ4v) is 3.24. The Hall–Kier alpha value is -2.51. The fraction of sp³-hybridized carbons (Fsp3) is 0.421. The van der Waals surface area contributed by atoms with Crippen LogP contribution >= 0.6 is 0 Å². The van der Waals surface area contributed by atoms with Gasteiger partial charge in [-0.05, 0) is 31.5 Å². The summed E-state index contributed by atoms with van der Waals surface area (Å²) < 4.78 is 6.93. The van der Waals surface area contributed by atoms with E-state index in [1.807, 2.05) is 24.3 Å². The third kappa shape index (κ3) is 4.36. The van der Waals surface area contributed by atoms with Crippen LogP contribution in [0, 0.1) is 0 Å². The van der Waals surface area contributed by atoms with Gasteiger partial charge in [-0.1, -0.05) is 18.2 Å². The van der Waals surface area contributed by atoms with Crippen molar-refractivity contribution >= 4 is 11.6 Å². The maximum absolute atomic E-state index is 12.5. The summed E-state index contributed by atoms with van der Waals surface area (Å²) in [7, 11) is 1.52. The number of ether oxygens (including phenoxy) is 1. The van der Waals surface area contributed by atoms with Gasteiger partial charge in [-0.25, -0.2) is 4.68 Å². The first-order chi connectivity index (χ1) is 12.4. The maximum atomic E-state index is 12.5. The molecular formula is C19H24N4O3. The van der Waals surface area contributed by atoms with Crippen LogP contribution in [0.1, 0.15) is 29.9 Å². The summed E-state index contributed by atoms with van der Waals surface area (Å²) in [5.74, 6) is -0.336. The number of carbonyl (C=O) groups excluding carboxylic acids is 1. The van der Waals surface area contributed by atoms with Gasteiger partial charge in [0.15, 0.2) is 0 Å². The predicted octanol–water partition coefficient (Wildman–Crippen LogP) is 1.64. The summed E-state index contributed by atoms with van der Waals surface area (Å²) in [5.41, 5.74) is 1.74. The standard InChI is InChI=1S/C19H24N4O3/c1-13-10-23(11-14(2)26-13)12-15-6-4-5-7-16(15)20-19(25)17-8-9-18(24)22(3)21-17/h4-9,13-14H,10-12H2,1-3H3,(H,20,25). The van der Waals surface area contributed by atoms with Gasteiger partial charge < -0.3 is 10.1 Å². The van der Waals surface area contributed by atoms with Gasteiger partial charge in [0.25, 0.3) is 11.5 Å². The minimum absolute atomic E-state index is 0.190. The van der Waals surface area contributed by atoms with Gasteiger partial charge >= 0.3 is 0 Å². The molecule has 1 fully saturated rings. The summed E-state index contributed by atoms with van der Waals surface area (Å²) in [6, 6.07) is 10.5. The smallest absolute Gasteiger partial charge is 0.276 e. The summed E-state index contributed by atoms with van der Waals surface area (Å²) in [5, 5.41) is 6.91. The van der Waals surface area contributed by atoms with E-state index in [2.05, 4.69) is 29.2 Å². The van der Waals surface area contributed by atoms with Crippen LogP contribution in [0.4, 0.5) is 5.69 Å². The lowest BCUT2D eigenvalue weighted by atomic mass is 10.1. The Balaban J connectivity index is 1.75. The number of aryl methyl sites for hydroxylation is 1. The summed E-state index contributed by atoms with van der Waals surface area (Å²) in [4.78, 5) is 26.3. The molecule has 2 aromatic rings. The highest BCUT2D eigenvalue weighted by molar-refractivity contribution is 6.03. The van der Waals surface area contributed by atoms with E-state index in [-0.39, 0.29) is 29.4 Å². The number of anilines is 1.